The maximum atomic E-state index is 2.74. The SMILES string of the molecule is CC(C)(C)c1ccc(N2c3ccc(C(C)(C)C)cc3B3c4cc5c(cc4N(c4ccc(C(C)(C)C)cc4-c4ccc6c(c4)C(C)(C)CC6(C)C)c4cc(N(c6ccccc6)c6ccccc6)cc2c43)C(C)(C)CCC5(C)C)cc1. The number of hydrogen-bond donors (Lipinski definition) is 0. The second-order valence-electron chi connectivity index (χ2n) is 29.7. The molecule has 3 nitrogen and oxygen atoms in total. The lowest BCUT2D eigenvalue weighted by Crippen LogP contribution is -2.62. The van der Waals surface area contributed by atoms with Crippen molar-refractivity contribution in [3.05, 3.63) is 203 Å². The van der Waals surface area contributed by atoms with Crippen LogP contribution in [0.2, 0.25) is 0 Å². The Morgan fingerprint density at radius 2 is 0.861 bits per heavy atom. The summed E-state index contributed by atoms with van der Waals surface area (Å²) >= 11 is 0. The molecule has 2 aliphatic heterocycles. The minimum absolute atomic E-state index is 0.000346. The van der Waals surface area contributed by atoms with Crippen LogP contribution in [-0.4, -0.2) is 6.71 Å². The fourth-order valence-corrected chi connectivity index (χ4v) is 14.5. The van der Waals surface area contributed by atoms with Crippen molar-refractivity contribution in [1.29, 1.82) is 0 Å². The molecule has 12 rings (SSSR count). The lowest BCUT2D eigenvalue weighted by molar-refractivity contribution is 0.332. The minimum atomic E-state index is -0.0761. The summed E-state index contributed by atoms with van der Waals surface area (Å²) in [4.78, 5) is 7.83. The molecule has 0 aromatic heterocycles. The molecule has 0 spiro atoms. The van der Waals surface area contributed by atoms with Gasteiger partial charge >= 0.3 is 0 Å². The molecule has 0 amide bonds. The molecule has 0 saturated carbocycles. The highest BCUT2D eigenvalue weighted by atomic mass is 15.2. The molecule has 0 N–H and O–H groups in total. The first-order valence-corrected chi connectivity index (χ1v) is 29.5. The van der Waals surface area contributed by atoms with Gasteiger partial charge in [-0.05, 0) is 191 Å². The summed E-state index contributed by atoms with van der Waals surface area (Å²) in [7, 11) is 0. The van der Waals surface area contributed by atoms with Crippen LogP contribution in [0.3, 0.4) is 0 Å². The summed E-state index contributed by atoms with van der Waals surface area (Å²) in [6.45, 7) is 40.9. The lowest BCUT2D eigenvalue weighted by Gasteiger charge is -2.48. The van der Waals surface area contributed by atoms with Crippen LogP contribution in [0.4, 0.5) is 51.2 Å². The van der Waals surface area contributed by atoms with E-state index < -0.39 is 0 Å². The summed E-state index contributed by atoms with van der Waals surface area (Å²) in [6.07, 6.45) is 3.40. The molecule has 0 saturated heterocycles. The first-order chi connectivity index (χ1) is 37.0. The van der Waals surface area contributed by atoms with Crippen molar-refractivity contribution >= 4 is 74.3 Å². The Bertz CT molecular complexity index is 3670. The molecule has 8 aromatic carbocycles. The number of para-hydroxylation sites is 2. The van der Waals surface area contributed by atoms with Crippen LogP contribution < -0.4 is 31.1 Å². The number of rotatable bonds is 6. The molecule has 79 heavy (non-hydrogen) atoms. The minimum Gasteiger partial charge on any atom is -0.311 e. The topological polar surface area (TPSA) is 9.72 Å². The standard InChI is InChI=1S/C75H84BN3/c1-69(2,3)49-29-33-54(34-30-49)78-64-37-32-51(71(7,8)9)42-61(64)76-62-45-59-60(73(12,13)39-38-72(59,10)11)46-65(62)79(67-44-55(43-66(78)68(67)76)77(52-24-20-18-21-25-52)53-26-22-19-23-27-53)63-36-31-50(70(4,5)6)41-56(63)48-28-35-57-58(40-48)75(16,17)47-74(57,14)15/h18-37,40-46H,38-39,47H2,1-17H3. The molecule has 0 unspecified atom stereocenters. The Morgan fingerprint density at radius 3 is 1.43 bits per heavy atom. The van der Waals surface area contributed by atoms with E-state index in [-0.39, 0.29) is 44.6 Å². The predicted octanol–water partition coefficient (Wildman–Crippen LogP) is 19.1. The van der Waals surface area contributed by atoms with Gasteiger partial charge in [0.15, 0.2) is 0 Å². The Morgan fingerprint density at radius 1 is 0.380 bits per heavy atom. The monoisotopic (exact) mass is 1040 g/mol. The van der Waals surface area contributed by atoms with Crippen LogP contribution >= 0.6 is 0 Å². The van der Waals surface area contributed by atoms with E-state index in [1.165, 1.54) is 94.9 Å². The summed E-state index contributed by atoms with van der Waals surface area (Å²) in [5.41, 5.74) is 27.1. The van der Waals surface area contributed by atoms with Gasteiger partial charge in [0.2, 0.25) is 0 Å². The normalized spacial score (nSPS) is 17.4. The van der Waals surface area contributed by atoms with E-state index >= 15 is 0 Å². The van der Waals surface area contributed by atoms with Crippen LogP contribution in [0.1, 0.15) is 176 Å². The van der Waals surface area contributed by atoms with Crippen molar-refractivity contribution in [2.75, 3.05) is 14.7 Å². The largest absolute Gasteiger partial charge is 0.311 e. The van der Waals surface area contributed by atoms with Gasteiger partial charge in [0, 0.05) is 45.4 Å². The van der Waals surface area contributed by atoms with Crippen LogP contribution in [0.15, 0.2) is 164 Å². The molecule has 0 atom stereocenters. The van der Waals surface area contributed by atoms with Crippen LogP contribution in [0.25, 0.3) is 11.1 Å². The average molecular weight is 1040 g/mol. The molecule has 0 radical (unpaired) electrons. The first-order valence-electron chi connectivity index (χ1n) is 29.5. The number of nitrogens with zero attached hydrogens (tertiary/aromatic N) is 3. The molecule has 0 fully saturated rings. The van der Waals surface area contributed by atoms with E-state index in [0.717, 1.165) is 42.0 Å². The smallest absolute Gasteiger partial charge is 0.252 e. The lowest BCUT2D eigenvalue weighted by atomic mass is 9.33. The molecular formula is C75H84BN3. The highest BCUT2D eigenvalue weighted by molar-refractivity contribution is 7.00. The molecule has 4 heteroatoms. The number of anilines is 9. The summed E-state index contributed by atoms with van der Waals surface area (Å²) in [5.74, 6) is 0. The predicted molar refractivity (Wildman–Crippen MR) is 343 cm³/mol. The first kappa shape index (κ1) is 52.9. The van der Waals surface area contributed by atoms with Crippen LogP contribution in [-0.2, 0) is 37.9 Å². The zero-order valence-electron chi connectivity index (χ0n) is 50.6. The Hall–Kier alpha value is -6.78. The van der Waals surface area contributed by atoms with Gasteiger partial charge in [-0.2, -0.15) is 0 Å². The van der Waals surface area contributed by atoms with Crippen molar-refractivity contribution in [3.8, 4) is 11.1 Å². The van der Waals surface area contributed by atoms with Gasteiger partial charge in [-0.15, -0.1) is 0 Å². The van der Waals surface area contributed by atoms with Crippen molar-refractivity contribution < 1.29 is 0 Å². The van der Waals surface area contributed by atoms with E-state index in [9.17, 15) is 0 Å². The third-order valence-electron chi connectivity index (χ3n) is 18.9. The van der Waals surface area contributed by atoms with Gasteiger partial charge in [0.05, 0.1) is 11.4 Å². The number of hydrogen-bond acceptors (Lipinski definition) is 3. The van der Waals surface area contributed by atoms with Gasteiger partial charge in [-0.3, -0.25) is 0 Å². The Labute approximate surface area is 475 Å². The van der Waals surface area contributed by atoms with Gasteiger partial charge in [-0.1, -0.05) is 209 Å². The van der Waals surface area contributed by atoms with Crippen LogP contribution in [0, 0.1) is 0 Å². The zero-order chi connectivity index (χ0) is 56.1. The molecular weight excluding hydrogens is 954 g/mol. The van der Waals surface area contributed by atoms with E-state index in [1.807, 2.05) is 0 Å². The summed E-state index contributed by atoms with van der Waals surface area (Å²) in [5, 5.41) is 0. The van der Waals surface area contributed by atoms with Crippen molar-refractivity contribution in [2.45, 2.75) is 175 Å². The third-order valence-corrected chi connectivity index (χ3v) is 18.9. The van der Waals surface area contributed by atoms with Crippen molar-refractivity contribution in [1.82, 2.24) is 0 Å². The maximum absolute atomic E-state index is 2.74. The fourth-order valence-electron chi connectivity index (χ4n) is 14.5. The van der Waals surface area contributed by atoms with Gasteiger partial charge < -0.3 is 14.7 Å². The molecule has 2 heterocycles. The highest BCUT2D eigenvalue weighted by Gasteiger charge is 2.48. The zero-order valence-corrected chi connectivity index (χ0v) is 50.6. The number of fused-ring (bicyclic) bond motifs is 6. The average Bonchev–Trinajstić information content (AvgIpc) is 3.68. The number of benzene rings is 8. The summed E-state index contributed by atoms with van der Waals surface area (Å²) in [6, 6.07) is 64.3. The van der Waals surface area contributed by atoms with Crippen LogP contribution in [0.5, 0.6) is 0 Å². The maximum Gasteiger partial charge on any atom is 0.252 e. The highest BCUT2D eigenvalue weighted by Crippen LogP contribution is 2.55. The Kier molecular flexibility index (Phi) is 12.0. The molecule has 0 bridgehead atoms. The quantitative estimate of drug-likeness (QED) is 0.154. The third kappa shape index (κ3) is 8.77. The van der Waals surface area contributed by atoms with E-state index in [4.69, 9.17) is 0 Å². The second kappa shape index (κ2) is 17.9. The molecule has 8 aromatic rings. The second-order valence-corrected chi connectivity index (χ2v) is 29.7. The molecule has 402 valence electrons. The van der Waals surface area contributed by atoms with E-state index in [0.29, 0.717) is 0 Å². The van der Waals surface area contributed by atoms with Gasteiger partial charge in [0.25, 0.3) is 6.71 Å². The van der Waals surface area contributed by atoms with Gasteiger partial charge in [0.1, 0.15) is 0 Å². The van der Waals surface area contributed by atoms with Crippen molar-refractivity contribution in [2.24, 2.45) is 0 Å². The van der Waals surface area contributed by atoms with Gasteiger partial charge in [-0.25, -0.2) is 0 Å². The van der Waals surface area contributed by atoms with E-state index in [2.05, 4.69) is 296 Å². The molecule has 2 aliphatic carbocycles. The molecule has 4 aliphatic rings. The summed E-state index contributed by atoms with van der Waals surface area (Å²) < 4.78 is 0. The van der Waals surface area contributed by atoms with Crippen molar-refractivity contribution in [3.63, 3.8) is 0 Å². The Balaban J connectivity index is 1.26. The van der Waals surface area contributed by atoms with E-state index in [1.54, 1.807) is 0 Å². The fraction of sp³-hybridized carbons (Fsp3) is 0.360.